The standard InChI is InChI=1S/C22H19F3N4O2/c23-22(24,25)18-6-2-1-5-17(18)21(31)28-13-3-4-16(28)14-29-20(30)8-7-19(27-29)15-9-11-26-12-10-15/h1-2,5-12,16H,3-4,13-14H2. The highest BCUT2D eigenvalue weighted by Gasteiger charge is 2.38. The Labute approximate surface area is 176 Å². The molecule has 9 heteroatoms. The number of pyridine rings is 1. The quantitative estimate of drug-likeness (QED) is 0.637. The van der Waals surface area contributed by atoms with Crippen molar-refractivity contribution in [1.29, 1.82) is 0 Å². The van der Waals surface area contributed by atoms with E-state index in [1.807, 2.05) is 0 Å². The predicted molar refractivity (Wildman–Crippen MR) is 107 cm³/mol. The van der Waals surface area contributed by atoms with E-state index in [4.69, 9.17) is 0 Å². The molecule has 1 saturated heterocycles. The van der Waals surface area contributed by atoms with Crippen LogP contribution in [0.4, 0.5) is 13.2 Å². The first-order chi connectivity index (χ1) is 14.8. The van der Waals surface area contributed by atoms with Crippen LogP contribution in [0.5, 0.6) is 0 Å². The summed E-state index contributed by atoms with van der Waals surface area (Å²) < 4.78 is 41.4. The minimum atomic E-state index is -4.63. The normalized spacial score (nSPS) is 16.5. The van der Waals surface area contributed by atoms with E-state index in [9.17, 15) is 22.8 Å². The number of alkyl halides is 3. The largest absolute Gasteiger partial charge is 0.417 e. The van der Waals surface area contributed by atoms with Crippen LogP contribution >= 0.6 is 0 Å². The molecule has 160 valence electrons. The van der Waals surface area contributed by atoms with Crippen molar-refractivity contribution in [3.05, 3.63) is 82.4 Å². The van der Waals surface area contributed by atoms with Crippen LogP contribution in [0.15, 0.2) is 65.7 Å². The monoisotopic (exact) mass is 428 g/mol. The molecular formula is C22H19F3N4O2. The van der Waals surface area contributed by atoms with Crippen LogP contribution in [-0.4, -0.2) is 38.2 Å². The molecule has 6 nitrogen and oxygen atoms in total. The Morgan fingerprint density at radius 2 is 1.81 bits per heavy atom. The average molecular weight is 428 g/mol. The Balaban J connectivity index is 1.61. The van der Waals surface area contributed by atoms with E-state index < -0.39 is 23.7 Å². The Hall–Kier alpha value is -3.49. The number of likely N-dealkylation sites (tertiary alicyclic amines) is 1. The van der Waals surface area contributed by atoms with Gasteiger partial charge in [-0.2, -0.15) is 18.3 Å². The molecule has 0 spiro atoms. The van der Waals surface area contributed by atoms with Crippen LogP contribution in [-0.2, 0) is 12.7 Å². The number of rotatable bonds is 4. The Morgan fingerprint density at radius 1 is 1.06 bits per heavy atom. The van der Waals surface area contributed by atoms with Gasteiger partial charge < -0.3 is 4.90 Å². The summed E-state index contributed by atoms with van der Waals surface area (Å²) in [6.45, 7) is 0.437. The number of carbonyl (C=O) groups excluding carboxylic acids is 1. The molecule has 0 bridgehead atoms. The maximum atomic E-state index is 13.4. The van der Waals surface area contributed by atoms with E-state index in [-0.39, 0.29) is 17.7 Å². The van der Waals surface area contributed by atoms with Crippen molar-refractivity contribution < 1.29 is 18.0 Å². The summed E-state index contributed by atoms with van der Waals surface area (Å²) in [4.78, 5) is 30.7. The SMILES string of the molecule is O=C(c1ccccc1C(F)(F)F)N1CCCC1Cn1nc(-c2ccncc2)ccc1=O. The molecule has 1 amide bonds. The zero-order valence-electron chi connectivity index (χ0n) is 16.4. The first kappa shape index (κ1) is 20.8. The van der Waals surface area contributed by atoms with Crippen LogP contribution < -0.4 is 5.56 Å². The van der Waals surface area contributed by atoms with Crippen molar-refractivity contribution in [3.8, 4) is 11.3 Å². The van der Waals surface area contributed by atoms with E-state index in [1.54, 1.807) is 30.6 Å². The second-order valence-corrected chi connectivity index (χ2v) is 7.31. The van der Waals surface area contributed by atoms with Crippen molar-refractivity contribution >= 4 is 5.91 Å². The van der Waals surface area contributed by atoms with Crippen LogP contribution in [0.1, 0.15) is 28.8 Å². The molecule has 0 aliphatic carbocycles. The lowest BCUT2D eigenvalue weighted by atomic mass is 10.1. The highest BCUT2D eigenvalue weighted by Crippen LogP contribution is 2.33. The number of nitrogens with zero attached hydrogens (tertiary/aromatic N) is 4. The summed E-state index contributed by atoms with van der Waals surface area (Å²) >= 11 is 0. The van der Waals surface area contributed by atoms with Gasteiger partial charge in [-0.05, 0) is 43.2 Å². The van der Waals surface area contributed by atoms with Crippen molar-refractivity contribution in [2.45, 2.75) is 31.6 Å². The molecule has 1 aromatic carbocycles. The van der Waals surface area contributed by atoms with Gasteiger partial charge in [0.1, 0.15) is 0 Å². The fraction of sp³-hybridized carbons (Fsp3) is 0.273. The molecule has 0 N–H and O–H groups in total. The van der Waals surface area contributed by atoms with E-state index in [0.717, 1.165) is 11.6 Å². The number of aromatic nitrogens is 3. The smallest absolute Gasteiger partial charge is 0.334 e. The molecule has 4 rings (SSSR count). The number of halogens is 3. The maximum absolute atomic E-state index is 13.4. The zero-order chi connectivity index (χ0) is 22.0. The highest BCUT2D eigenvalue weighted by atomic mass is 19.4. The van der Waals surface area contributed by atoms with E-state index in [1.165, 1.54) is 33.8 Å². The van der Waals surface area contributed by atoms with E-state index in [2.05, 4.69) is 10.1 Å². The fourth-order valence-electron chi connectivity index (χ4n) is 3.82. The molecular weight excluding hydrogens is 409 g/mol. The molecule has 3 aromatic rings. The predicted octanol–water partition coefficient (Wildman–Crippen LogP) is 3.63. The summed E-state index contributed by atoms with van der Waals surface area (Å²) in [6.07, 6.45) is -0.181. The van der Waals surface area contributed by atoms with Crippen molar-refractivity contribution in [3.63, 3.8) is 0 Å². The number of benzene rings is 1. The van der Waals surface area contributed by atoms with Gasteiger partial charge in [-0.25, -0.2) is 4.68 Å². The Bertz CT molecular complexity index is 1150. The first-order valence-corrected chi connectivity index (χ1v) is 9.80. The summed E-state index contributed by atoms with van der Waals surface area (Å²) in [5.74, 6) is -0.686. The van der Waals surface area contributed by atoms with Gasteiger partial charge in [0.15, 0.2) is 0 Å². The third-order valence-electron chi connectivity index (χ3n) is 5.33. The number of hydrogen-bond acceptors (Lipinski definition) is 4. The van der Waals surface area contributed by atoms with Crippen LogP contribution in [0.2, 0.25) is 0 Å². The fourth-order valence-corrected chi connectivity index (χ4v) is 3.82. The van der Waals surface area contributed by atoms with Crippen LogP contribution in [0.3, 0.4) is 0 Å². The third-order valence-corrected chi connectivity index (χ3v) is 5.33. The third kappa shape index (κ3) is 4.35. The van der Waals surface area contributed by atoms with Gasteiger partial charge in [0.2, 0.25) is 0 Å². The summed E-state index contributed by atoms with van der Waals surface area (Å²) in [6, 6.07) is 10.9. The van der Waals surface area contributed by atoms with Gasteiger partial charge >= 0.3 is 6.18 Å². The number of carbonyl (C=O) groups is 1. The van der Waals surface area contributed by atoms with E-state index in [0.29, 0.717) is 25.1 Å². The van der Waals surface area contributed by atoms with Crippen molar-refractivity contribution in [1.82, 2.24) is 19.7 Å². The van der Waals surface area contributed by atoms with Gasteiger partial charge in [-0.3, -0.25) is 14.6 Å². The van der Waals surface area contributed by atoms with Crippen molar-refractivity contribution in [2.24, 2.45) is 0 Å². The molecule has 2 aromatic heterocycles. The average Bonchev–Trinajstić information content (AvgIpc) is 3.23. The summed E-state index contributed by atoms with van der Waals surface area (Å²) in [5, 5.41) is 4.39. The van der Waals surface area contributed by atoms with Crippen LogP contribution in [0.25, 0.3) is 11.3 Å². The van der Waals surface area contributed by atoms with Crippen LogP contribution in [0, 0.1) is 0 Å². The van der Waals surface area contributed by atoms with Gasteiger partial charge in [-0.15, -0.1) is 0 Å². The second kappa shape index (κ2) is 8.33. The molecule has 31 heavy (non-hydrogen) atoms. The molecule has 1 unspecified atom stereocenters. The lowest BCUT2D eigenvalue weighted by molar-refractivity contribution is -0.138. The molecule has 1 atom stereocenters. The molecule has 3 heterocycles. The van der Waals surface area contributed by atoms with Gasteiger partial charge in [0.05, 0.1) is 29.4 Å². The molecule has 0 radical (unpaired) electrons. The Morgan fingerprint density at radius 3 is 2.55 bits per heavy atom. The van der Waals surface area contributed by atoms with Gasteiger partial charge in [-0.1, -0.05) is 12.1 Å². The topological polar surface area (TPSA) is 68.1 Å². The zero-order valence-corrected chi connectivity index (χ0v) is 16.4. The summed E-state index contributed by atoms with van der Waals surface area (Å²) in [5.41, 5.74) is -0.330. The van der Waals surface area contributed by atoms with Gasteiger partial charge in [0.25, 0.3) is 11.5 Å². The highest BCUT2D eigenvalue weighted by molar-refractivity contribution is 5.96. The first-order valence-electron chi connectivity index (χ1n) is 9.80. The Kier molecular flexibility index (Phi) is 5.58. The molecule has 1 fully saturated rings. The lowest BCUT2D eigenvalue weighted by Gasteiger charge is -2.26. The molecule has 0 saturated carbocycles. The van der Waals surface area contributed by atoms with E-state index >= 15 is 0 Å². The van der Waals surface area contributed by atoms with Crippen molar-refractivity contribution in [2.75, 3.05) is 6.54 Å². The molecule has 1 aliphatic heterocycles. The number of amides is 1. The van der Waals surface area contributed by atoms with Gasteiger partial charge in [0, 0.05) is 30.6 Å². The maximum Gasteiger partial charge on any atom is 0.417 e. The minimum Gasteiger partial charge on any atom is -0.334 e. The minimum absolute atomic E-state index is 0.109. The summed E-state index contributed by atoms with van der Waals surface area (Å²) in [7, 11) is 0. The lowest BCUT2D eigenvalue weighted by Crippen LogP contribution is -2.41. The number of hydrogen-bond donors (Lipinski definition) is 0. The second-order valence-electron chi connectivity index (χ2n) is 7.31. The molecule has 1 aliphatic rings.